The minimum atomic E-state index is -0.447. The molecular formula is C11H14FN3O. The van der Waals surface area contributed by atoms with Gasteiger partial charge < -0.3 is 5.32 Å². The number of aromatic nitrogens is 1. The Bertz CT molecular complexity index is 397. The Hall–Kier alpha value is -1.49. The van der Waals surface area contributed by atoms with Gasteiger partial charge in [-0.1, -0.05) is 0 Å². The van der Waals surface area contributed by atoms with E-state index in [1.807, 2.05) is 11.9 Å². The summed E-state index contributed by atoms with van der Waals surface area (Å²) in [6.07, 6.45) is 4.42. The maximum Gasteiger partial charge on any atom is 0.241 e. The van der Waals surface area contributed by atoms with Crippen molar-refractivity contribution in [2.24, 2.45) is 0 Å². The van der Waals surface area contributed by atoms with Crippen LogP contribution in [0.1, 0.15) is 12.8 Å². The molecule has 1 saturated heterocycles. The van der Waals surface area contributed by atoms with Crippen LogP contribution in [0, 0.1) is 5.82 Å². The fraction of sp³-hybridized carbons (Fsp3) is 0.455. The van der Waals surface area contributed by atoms with E-state index in [9.17, 15) is 9.18 Å². The van der Waals surface area contributed by atoms with Gasteiger partial charge in [-0.15, -0.1) is 0 Å². The predicted octanol–water partition coefficient (Wildman–Crippen LogP) is 1.25. The van der Waals surface area contributed by atoms with Gasteiger partial charge in [0.15, 0.2) is 0 Å². The molecule has 0 aromatic carbocycles. The monoisotopic (exact) mass is 223 g/mol. The van der Waals surface area contributed by atoms with E-state index in [0.717, 1.165) is 25.6 Å². The summed E-state index contributed by atoms with van der Waals surface area (Å²) in [5.74, 6) is -0.537. The van der Waals surface area contributed by atoms with Crippen LogP contribution < -0.4 is 5.32 Å². The Morgan fingerprint density at radius 2 is 2.44 bits per heavy atom. The van der Waals surface area contributed by atoms with Gasteiger partial charge in [0.1, 0.15) is 5.82 Å². The van der Waals surface area contributed by atoms with Crippen LogP contribution in [0.25, 0.3) is 0 Å². The third-order valence-electron chi connectivity index (χ3n) is 2.80. The van der Waals surface area contributed by atoms with E-state index in [0.29, 0.717) is 5.69 Å². The molecule has 0 saturated carbocycles. The van der Waals surface area contributed by atoms with E-state index in [1.54, 1.807) is 0 Å². The molecule has 2 heterocycles. The Morgan fingerprint density at radius 3 is 3.06 bits per heavy atom. The highest BCUT2D eigenvalue weighted by molar-refractivity contribution is 5.94. The molecule has 0 bridgehead atoms. The molecule has 5 heteroatoms. The average Bonchev–Trinajstić information content (AvgIpc) is 2.64. The molecular weight excluding hydrogens is 209 g/mol. The number of hydrogen-bond acceptors (Lipinski definition) is 3. The Labute approximate surface area is 93.5 Å². The largest absolute Gasteiger partial charge is 0.323 e. The normalized spacial score (nSPS) is 21.0. The SMILES string of the molecule is CN1CCCC1C(=O)Nc1cncc(F)c1. The summed E-state index contributed by atoms with van der Waals surface area (Å²) in [6.45, 7) is 0.930. The van der Waals surface area contributed by atoms with Gasteiger partial charge in [-0.25, -0.2) is 4.39 Å². The average molecular weight is 223 g/mol. The van der Waals surface area contributed by atoms with Gasteiger partial charge in [0.2, 0.25) is 5.91 Å². The van der Waals surface area contributed by atoms with Crippen molar-refractivity contribution in [2.45, 2.75) is 18.9 Å². The zero-order chi connectivity index (χ0) is 11.5. The molecule has 1 aromatic rings. The maximum absolute atomic E-state index is 12.8. The van der Waals surface area contributed by atoms with E-state index in [4.69, 9.17) is 0 Å². The van der Waals surface area contributed by atoms with E-state index in [-0.39, 0.29) is 11.9 Å². The number of pyridine rings is 1. The highest BCUT2D eigenvalue weighted by Crippen LogP contribution is 2.17. The molecule has 1 aliphatic heterocycles. The topological polar surface area (TPSA) is 45.2 Å². The van der Waals surface area contributed by atoms with Gasteiger partial charge in [0.25, 0.3) is 0 Å². The van der Waals surface area contributed by atoms with Gasteiger partial charge in [-0.05, 0) is 26.4 Å². The fourth-order valence-corrected chi connectivity index (χ4v) is 1.95. The van der Waals surface area contributed by atoms with E-state index < -0.39 is 5.82 Å². The zero-order valence-electron chi connectivity index (χ0n) is 9.11. The lowest BCUT2D eigenvalue weighted by molar-refractivity contribution is -0.119. The number of rotatable bonds is 2. The van der Waals surface area contributed by atoms with Crippen LogP contribution in [0.15, 0.2) is 18.5 Å². The molecule has 0 aliphatic carbocycles. The minimum Gasteiger partial charge on any atom is -0.323 e. The molecule has 0 spiro atoms. The van der Waals surface area contributed by atoms with Crippen molar-refractivity contribution in [1.29, 1.82) is 0 Å². The summed E-state index contributed by atoms with van der Waals surface area (Å²) in [7, 11) is 1.92. The predicted molar refractivity (Wildman–Crippen MR) is 58.5 cm³/mol. The number of carbonyl (C=O) groups is 1. The number of amides is 1. The standard InChI is InChI=1S/C11H14FN3O/c1-15-4-2-3-10(15)11(16)14-9-5-8(12)6-13-7-9/h5-7,10H,2-4H2,1H3,(H,14,16). The second kappa shape index (κ2) is 4.57. The van der Waals surface area contributed by atoms with Crippen LogP contribution >= 0.6 is 0 Å². The summed E-state index contributed by atoms with van der Waals surface area (Å²) in [4.78, 5) is 17.5. The van der Waals surface area contributed by atoms with Crippen molar-refractivity contribution in [1.82, 2.24) is 9.88 Å². The second-order valence-electron chi connectivity index (χ2n) is 4.02. The highest BCUT2D eigenvalue weighted by Gasteiger charge is 2.27. The molecule has 1 fully saturated rings. The molecule has 1 N–H and O–H groups in total. The van der Waals surface area contributed by atoms with Crippen molar-refractivity contribution in [3.8, 4) is 0 Å². The number of likely N-dealkylation sites (tertiary alicyclic amines) is 1. The number of anilines is 1. The third-order valence-corrected chi connectivity index (χ3v) is 2.80. The smallest absolute Gasteiger partial charge is 0.241 e. The Balaban J connectivity index is 2.02. The van der Waals surface area contributed by atoms with Gasteiger partial charge in [-0.2, -0.15) is 0 Å². The summed E-state index contributed by atoms with van der Waals surface area (Å²) >= 11 is 0. The van der Waals surface area contributed by atoms with Gasteiger partial charge in [-0.3, -0.25) is 14.7 Å². The van der Waals surface area contributed by atoms with E-state index in [1.165, 1.54) is 12.3 Å². The first-order valence-corrected chi connectivity index (χ1v) is 5.28. The van der Waals surface area contributed by atoms with Crippen LogP contribution in [0.4, 0.5) is 10.1 Å². The van der Waals surface area contributed by atoms with Crippen molar-refractivity contribution >= 4 is 11.6 Å². The van der Waals surface area contributed by atoms with Crippen molar-refractivity contribution < 1.29 is 9.18 Å². The summed E-state index contributed by atoms with van der Waals surface area (Å²) in [5, 5.41) is 2.67. The maximum atomic E-state index is 12.8. The second-order valence-corrected chi connectivity index (χ2v) is 4.02. The lowest BCUT2D eigenvalue weighted by Gasteiger charge is -2.18. The van der Waals surface area contributed by atoms with Gasteiger partial charge in [0.05, 0.1) is 24.1 Å². The number of nitrogens with zero attached hydrogens (tertiary/aromatic N) is 2. The molecule has 2 rings (SSSR count). The number of halogens is 1. The minimum absolute atomic E-state index is 0.0904. The van der Waals surface area contributed by atoms with E-state index in [2.05, 4.69) is 10.3 Å². The van der Waals surface area contributed by atoms with Crippen LogP contribution in [-0.4, -0.2) is 35.4 Å². The molecule has 1 aliphatic rings. The van der Waals surface area contributed by atoms with Crippen molar-refractivity contribution in [2.75, 3.05) is 18.9 Å². The summed E-state index contributed by atoms with van der Waals surface area (Å²) in [5.41, 5.74) is 0.408. The number of likely N-dealkylation sites (N-methyl/N-ethyl adjacent to an activating group) is 1. The third kappa shape index (κ3) is 2.36. The van der Waals surface area contributed by atoms with Crippen LogP contribution in [0.2, 0.25) is 0 Å². The first kappa shape index (κ1) is 11.0. The number of nitrogens with one attached hydrogen (secondary N) is 1. The summed E-state index contributed by atoms with van der Waals surface area (Å²) < 4.78 is 12.8. The van der Waals surface area contributed by atoms with Crippen LogP contribution in [-0.2, 0) is 4.79 Å². The molecule has 16 heavy (non-hydrogen) atoms. The lowest BCUT2D eigenvalue weighted by Crippen LogP contribution is -2.37. The molecule has 0 radical (unpaired) electrons. The van der Waals surface area contributed by atoms with Gasteiger partial charge >= 0.3 is 0 Å². The molecule has 1 atom stereocenters. The van der Waals surface area contributed by atoms with Crippen molar-refractivity contribution in [3.05, 3.63) is 24.3 Å². The molecule has 1 unspecified atom stereocenters. The number of carbonyl (C=O) groups excluding carboxylic acids is 1. The first-order valence-electron chi connectivity index (χ1n) is 5.28. The molecule has 86 valence electrons. The summed E-state index contributed by atoms with van der Waals surface area (Å²) in [6, 6.07) is 1.16. The van der Waals surface area contributed by atoms with Crippen LogP contribution in [0.5, 0.6) is 0 Å². The Morgan fingerprint density at radius 1 is 1.62 bits per heavy atom. The Kier molecular flexibility index (Phi) is 3.14. The quantitative estimate of drug-likeness (QED) is 0.820. The fourth-order valence-electron chi connectivity index (χ4n) is 1.95. The van der Waals surface area contributed by atoms with E-state index >= 15 is 0 Å². The van der Waals surface area contributed by atoms with Crippen molar-refractivity contribution in [3.63, 3.8) is 0 Å². The van der Waals surface area contributed by atoms with Gasteiger partial charge in [0, 0.05) is 6.07 Å². The molecule has 1 amide bonds. The molecule has 4 nitrogen and oxygen atoms in total. The highest BCUT2D eigenvalue weighted by atomic mass is 19.1. The first-order chi connectivity index (χ1) is 7.66. The zero-order valence-corrected chi connectivity index (χ0v) is 9.11. The number of hydrogen-bond donors (Lipinski definition) is 1. The van der Waals surface area contributed by atoms with Crippen LogP contribution in [0.3, 0.4) is 0 Å². The molecule has 1 aromatic heterocycles. The lowest BCUT2D eigenvalue weighted by atomic mass is 10.2.